The summed E-state index contributed by atoms with van der Waals surface area (Å²) in [6, 6.07) is 12.9. The van der Waals surface area contributed by atoms with Gasteiger partial charge in [-0.15, -0.1) is 0 Å². The molecule has 0 aliphatic heterocycles. The van der Waals surface area contributed by atoms with Crippen LogP contribution in [-0.2, 0) is 9.53 Å². The quantitative estimate of drug-likeness (QED) is 0.261. The zero-order valence-corrected chi connectivity index (χ0v) is 16.0. The number of rotatable bonds is 6. The monoisotopic (exact) mass is 408 g/mol. The molecule has 2 aromatic carbocycles. The first-order valence-corrected chi connectivity index (χ1v) is 9.10. The highest BCUT2D eigenvalue weighted by Gasteiger charge is 2.19. The van der Waals surface area contributed by atoms with Gasteiger partial charge in [-0.3, -0.25) is 9.98 Å². The molecule has 0 unspecified atom stereocenters. The van der Waals surface area contributed by atoms with Crippen molar-refractivity contribution in [3.8, 4) is 11.1 Å². The van der Waals surface area contributed by atoms with Crippen LogP contribution in [0.15, 0.2) is 77.6 Å². The Bertz CT molecular complexity index is 1100. The van der Waals surface area contributed by atoms with E-state index in [9.17, 15) is 18.7 Å². The number of aromatic nitrogens is 1. The summed E-state index contributed by atoms with van der Waals surface area (Å²) in [6.07, 6.45) is 4.24. The second-order valence-electron chi connectivity index (χ2n) is 6.15. The Morgan fingerprint density at radius 1 is 1.07 bits per heavy atom. The predicted molar refractivity (Wildman–Crippen MR) is 110 cm³/mol. The lowest BCUT2D eigenvalue weighted by atomic mass is 10.0. The van der Waals surface area contributed by atoms with Crippen LogP contribution in [0.5, 0.6) is 0 Å². The molecule has 1 heterocycles. The maximum atomic E-state index is 14.8. The highest BCUT2D eigenvalue weighted by Crippen LogP contribution is 2.26. The number of carbonyl (C=O) groups is 1. The minimum absolute atomic E-state index is 0.0590. The number of aliphatic imine (C=N–C) groups is 1. The van der Waals surface area contributed by atoms with Gasteiger partial charge in [0.2, 0.25) is 0 Å². The average Bonchev–Trinajstić information content (AvgIpc) is 2.76. The van der Waals surface area contributed by atoms with E-state index < -0.39 is 23.4 Å². The van der Waals surface area contributed by atoms with Gasteiger partial charge >= 0.3 is 5.97 Å². The van der Waals surface area contributed by atoms with Crippen LogP contribution < -0.4 is 0 Å². The molecule has 7 heteroatoms. The average molecular weight is 408 g/mol. The number of hydrogen-bond donors (Lipinski definition) is 1. The minimum atomic E-state index is -0.863. The Morgan fingerprint density at radius 2 is 1.77 bits per heavy atom. The third kappa shape index (κ3) is 4.94. The molecule has 0 saturated carbocycles. The second-order valence-corrected chi connectivity index (χ2v) is 6.15. The largest absolute Gasteiger partial charge is 0.506 e. The van der Waals surface area contributed by atoms with E-state index in [0.29, 0.717) is 11.3 Å². The van der Waals surface area contributed by atoms with Gasteiger partial charge in [0.25, 0.3) is 0 Å². The van der Waals surface area contributed by atoms with Crippen molar-refractivity contribution in [1.82, 2.24) is 4.98 Å². The molecule has 0 amide bonds. The van der Waals surface area contributed by atoms with Crippen LogP contribution in [0.3, 0.4) is 0 Å². The summed E-state index contributed by atoms with van der Waals surface area (Å²) < 4.78 is 32.7. The van der Waals surface area contributed by atoms with Gasteiger partial charge in [-0.2, -0.15) is 0 Å². The van der Waals surface area contributed by atoms with Gasteiger partial charge in [-0.1, -0.05) is 6.07 Å². The third-order valence-electron chi connectivity index (χ3n) is 4.16. The summed E-state index contributed by atoms with van der Waals surface area (Å²) >= 11 is 0. The van der Waals surface area contributed by atoms with Crippen LogP contribution in [0.2, 0.25) is 0 Å². The van der Waals surface area contributed by atoms with Crippen LogP contribution >= 0.6 is 0 Å². The molecule has 5 nitrogen and oxygen atoms in total. The number of esters is 1. The Kier molecular flexibility index (Phi) is 6.64. The molecule has 1 aromatic heterocycles. The highest BCUT2D eigenvalue weighted by molar-refractivity contribution is 6.15. The van der Waals surface area contributed by atoms with E-state index >= 15 is 0 Å². The fourth-order valence-electron chi connectivity index (χ4n) is 2.66. The van der Waals surface area contributed by atoms with Gasteiger partial charge in [0.15, 0.2) is 0 Å². The maximum Gasteiger partial charge on any atom is 0.343 e. The lowest BCUT2D eigenvalue weighted by molar-refractivity contribution is -0.137. The molecule has 0 radical (unpaired) electrons. The van der Waals surface area contributed by atoms with E-state index in [0.717, 1.165) is 11.8 Å². The number of pyridine rings is 1. The number of aliphatic hydroxyl groups excluding tert-OH is 1. The highest BCUT2D eigenvalue weighted by atomic mass is 19.1. The van der Waals surface area contributed by atoms with Crippen molar-refractivity contribution in [2.24, 2.45) is 4.99 Å². The van der Waals surface area contributed by atoms with Crippen molar-refractivity contribution in [3.05, 3.63) is 89.8 Å². The molecular weight excluding hydrogens is 390 g/mol. The molecule has 0 spiro atoms. The topological polar surface area (TPSA) is 71.8 Å². The van der Waals surface area contributed by atoms with E-state index in [1.54, 1.807) is 37.5 Å². The van der Waals surface area contributed by atoms with Gasteiger partial charge in [0.1, 0.15) is 23.0 Å². The van der Waals surface area contributed by atoms with Gasteiger partial charge in [-0.05, 0) is 66.6 Å². The predicted octanol–water partition coefficient (Wildman–Crippen LogP) is 5.26. The molecule has 152 valence electrons. The minimum Gasteiger partial charge on any atom is -0.506 e. The zero-order chi connectivity index (χ0) is 21.5. The van der Waals surface area contributed by atoms with E-state index in [-0.39, 0.29) is 17.7 Å². The molecule has 0 fully saturated rings. The first kappa shape index (κ1) is 20.9. The van der Waals surface area contributed by atoms with Crippen molar-refractivity contribution < 1.29 is 23.4 Å². The summed E-state index contributed by atoms with van der Waals surface area (Å²) in [5.74, 6) is -2.63. The lowest BCUT2D eigenvalue weighted by Crippen LogP contribution is -2.11. The summed E-state index contributed by atoms with van der Waals surface area (Å²) in [5.41, 5.74) is 1.18. The SMILES string of the molecule is CCOC(=O)/C(C=Nc1ccc(F)cc1)=C(/O)c1ccc(-c2ccncc2)cc1F. The van der Waals surface area contributed by atoms with E-state index in [2.05, 4.69) is 9.98 Å². The number of carbonyl (C=O) groups excluding carboxylic acids is 1. The number of aliphatic hydroxyl groups is 1. The molecule has 0 aliphatic rings. The fourth-order valence-corrected chi connectivity index (χ4v) is 2.66. The fraction of sp³-hybridized carbons (Fsp3) is 0.0870. The first-order valence-electron chi connectivity index (χ1n) is 9.10. The van der Waals surface area contributed by atoms with Gasteiger partial charge in [-0.25, -0.2) is 13.6 Å². The molecular formula is C23H18F2N2O3. The van der Waals surface area contributed by atoms with Crippen LogP contribution in [-0.4, -0.2) is 28.9 Å². The Balaban J connectivity index is 2.00. The smallest absolute Gasteiger partial charge is 0.343 e. The number of nitrogens with zero attached hydrogens (tertiary/aromatic N) is 2. The third-order valence-corrected chi connectivity index (χ3v) is 4.16. The molecule has 3 aromatic rings. The van der Waals surface area contributed by atoms with Gasteiger partial charge in [0.05, 0.1) is 17.9 Å². The second kappa shape index (κ2) is 9.56. The number of halogens is 2. The van der Waals surface area contributed by atoms with Crippen molar-refractivity contribution in [3.63, 3.8) is 0 Å². The van der Waals surface area contributed by atoms with Crippen molar-refractivity contribution in [2.75, 3.05) is 6.61 Å². The maximum absolute atomic E-state index is 14.8. The van der Waals surface area contributed by atoms with Crippen molar-refractivity contribution >= 4 is 23.6 Å². The normalized spacial score (nSPS) is 12.0. The number of ether oxygens (including phenoxy) is 1. The first-order chi connectivity index (χ1) is 14.5. The Labute approximate surface area is 172 Å². The Morgan fingerprint density at radius 3 is 2.40 bits per heavy atom. The van der Waals surface area contributed by atoms with Crippen LogP contribution in [0.4, 0.5) is 14.5 Å². The summed E-state index contributed by atoms with van der Waals surface area (Å²) in [5, 5.41) is 10.6. The standard InChI is InChI=1S/C23H18F2N2O3/c1-2-30-23(29)20(14-27-18-6-4-17(24)5-7-18)22(28)19-8-3-16(13-21(19)25)15-9-11-26-12-10-15/h3-14,28H,2H2,1H3/b22-20+,27-14?. The molecule has 0 bridgehead atoms. The van der Waals surface area contributed by atoms with E-state index in [1.165, 1.54) is 36.4 Å². The van der Waals surface area contributed by atoms with Crippen molar-refractivity contribution in [1.29, 1.82) is 0 Å². The molecule has 1 N–H and O–H groups in total. The van der Waals surface area contributed by atoms with Crippen LogP contribution in [0.1, 0.15) is 12.5 Å². The molecule has 3 rings (SSSR count). The van der Waals surface area contributed by atoms with E-state index in [1.807, 2.05) is 0 Å². The number of benzene rings is 2. The summed E-state index contributed by atoms with van der Waals surface area (Å²) in [6.45, 7) is 1.66. The number of hydrogen-bond acceptors (Lipinski definition) is 5. The molecule has 0 saturated heterocycles. The lowest BCUT2D eigenvalue weighted by Gasteiger charge is -2.09. The van der Waals surface area contributed by atoms with Crippen LogP contribution in [0.25, 0.3) is 16.9 Å². The Hall–Kier alpha value is -3.87. The van der Waals surface area contributed by atoms with E-state index in [4.69, 9.17) is 4.74 Å². The molecule has 0 aliphatic carbocycles. The van der Waals surface area contributed by atoms with Crippen LogP contribution in [0, 0.1) is 11.6 Å². The van der Waals surface area contributed by atoms with Crippen molar-refractivity contribution in [2.45, 2.75) is 6.92 Å². The summed E-state index contributed by atoms with van der Waals surface area (Å²) in [4.78, 5) is 20.3. The van der Waals surface area contributed by atoms with Gasteiger partial charge in [0, 0.05) is 18.6 Å². The molecule has 30 heavy (non-hydrogen) atoms. The molecule has 0 atom stereocenters. The zero-order valence-electron chi connectivity index (χ0n) is 16.0. The summed E-state index contributed by atoms with van der Waals surface area (Å²) in [7, 11) is 0. The van der Waals surface area contributed by atoms with Gasteiger partial charge < -0.3 is 9.84 Å².